The van der Waals surface area contributed by atoms with Gasteiger partial charge in [-0.05, 0) is 38.5 Å². The molecule has 1 aromatic carbocycles. The second-order valence-corrected chi connectivity index (χ2v) is 4.47. The molecule has 0 aliphatic carbocycles. The molecule has 1 unspecified atom stereocenters. The summed E-state index contributed by atoms with van der Waals surface area (Å²) in [5, 5.41) is 9.58. The molecule has 0 aliphatic rings. The lowest BCUT2D eigenvalue weighted by Gasteiger charge is -2.14. The van der Waals surface area contributed by atoms with Crippen LogP contribution in [0.15, 0.2) is 24.3 Å². The van der Waals surface area contributed by atoms with E-state index in [0.29, 0.717) is 5.75 Å². The van der Waals surface area contributed by atoms with Gasteiger partial charge in [-0.1, -0.05) is 12.1 Å². The number of hydroxylamine groups is 1. The number of aryl methyl sites for hydroxylation is 2. The minimum Gasteiger partial charge on any atom is -0.479 e. The van der Waals surface area contributed by atoms with E-state index in [9.17, 15) is 4.79 Å². The first-order chi connectivity index (χ1) is 9.02. The van der Waals surface area contributed by atoms with Gasteiger partial charge in [-0.3, -0.25) is 10.0 Å². The maximum atomic E-state index is 11.3. The molecular formula is C14H16N2O3. The fourth-order valence-corrected chi connectivity index (χ4v) is 1.99. The summed E-state index contributed by atoms with van der Waals surface area (Å²) in [7, 11) is 0. The zero-order valence-corrected chi connectivity index (χ0v) is 11.1. The molecular weight excluding hydrogens is 244 g/mol. The van der Waals surface area contributed by atoms with Crippen LogP contribution in [0.1, 0.15) is 18.2 Å². The van der Waals surface area contributed by atoms with Crippen LogP contribution in [-0.4, -0.2) is 22.2 Å². The summed E-state index contributed by atoms with van der Waals surface area (Å²) in [6, 6.07) is 7.57. The van der Waals surface area contributed by atoms with Gasteiger partial charge in [0.05, 0.1) is 0 Å². The van der Waals surface area contributed by atoms with Crippen LogP contribution in [0.5, 0.6) is 5.75 Å². The predicted molar refractivity (Wildman–Crippen MR) is 71.2 cm³/mol. The Balaban J connectivity index is 2.46. The highest BCUT2D eigenvalue weighted by molar-refractivity contribution is 5.88. The highest BCUT2D eigenvalue weighted by Crippen LogP contribution is 2.27. The average Bonchev–Trinajstić information content (AvgIpc) is 2.38. The summed E-state index contributed by atoms with van der Waals surface area (Å²) in [6.45, 7) is 5.48. The highest BCUT2D eigenvalue weighted by Gasteiger charge is 2.16. The molecule has 1 atom stereocenters. The minimum absolute atomic E-state index is 0.528. The number of hydrogen-bond acceptors (Lipinski definition) is 4. The number of rotatable bonds is 3. The average molecular weight is 260 g/mol. The maximum Gasteiger partial charge on any atom is 0.284 e. The number of pyridine rings is 1. The SMILES string of the molecule is Cc1cc(C)c2cccc(OC(C)C(=O)NO)c2n1. The Morgan fingerprint density at radius 1 is 1.42 bits per heavy atom. The summed E-state index contributed by atoms with van der Waals surface area (Å²) in [5.74, 6) is -0.0678. The first-order valence-electron chi connectivity index (χ1n) is 6.00. The van der Waals surface area contributed by atoms with Crippen molar-refractivity contribution < 1.29 is 14.7 Å². The van der Waals surface area contributed by atoms with Crippen LogP contribution in [-0.2, 0) is 4.79 Å². The zero-order chi connectivity index (χ0) is 14.0. The summed E-state index contributed by atoms with van der Waals surface area (Å²) >= 11 is 0. The topological polar surface area (TPSA) is 71.5 Å². The van der Waals surface area contributed by atoms with Gasteiger partial charge < -0.3 is 4.74 Å². The maximum absolute atomic E-state index is 11.3. The monoisotopic (exact) mass is 260 g/mol. The summed E-state index contributed by atoms with van der Waals surface area (Å²) in [4.78, 5) is 15.7. The Morgan fingerprint density at radius 3 is 2.84 bits per heavy atom. The van der Waals surface area contributed by atoms with Crippen molar-refractivity contribution in [2.24, 2.45) is 0 Å². The van der Waals surface area contributed by atoms with Crippen LogP contribution >= 0.6 is 0 Å². The van der Waals surface area contributed by atoms with Gasteiger partial charge in [0.25, 0.3) is 5.91 Å². The third-order valence-electron chi connectivity index (χ3n) is 2.92. The van der Waals surface area contributed by atoms with E-state index >= 15 is 0 Å². The number of para-hydroxylation sites is 1. The summed E-state index contributed by atoms with van der Waals surface area (Å²) in [5.41, 5.74) is 4.28. The molecule has 1 heterocycles. The minimum atomic E-state index is -0.793. The van der Waals surface area contributed by atoms with Crippen LogP contribution in [0.3, 0.4) is 0 Å². The number of fused-ring (bicyclic) bond motifs is 1. The molecule has 1 aromatic heterocycles. The second kappa shape index (κ2) is 5.24. The molecule has 2 aromatic rings. The third-order valence-corrected chi connectivity index (χ3v) is 2.92. The van der Waals surface area contributed by atoms with Crippen LogP contribution < -0.4 is 10.2 Å². The van der Waals surface area contributed by atoms with E-state index in [1.165, 1.54) is 0 Å². The fraction of sp³-hybridized carbons (Fsp3) is 0.286. The quantitative estimate of drug-likeness (QED) is 0.655. The molecule has 2 rings (SSSR count). The number of nitrogens with zero attached hydrogens (tertiary/aromatic N) is 1. The van der Waals surface area contributed by atoms with Gasteiger partial charge >= 0.3 is 0 Å². The van der Waals surface area contributed by atoms with Crippen LogP contribution in [0, 0.1) is 13.8 Å². The molecule has 2 N–H and O–H groups in total. The van der Waals surface area contributed by atoms with Crippen LogP contribution in [0.4, 0.5) is 0 Å². The van der Waals surface area contributed by atoms with Crippen molar-refractivity contribution in [1.29, 1.82) is 0 Å². The Kier molecular flexibility index (Phi) is 3.66. The van der Waals surface area contributed by atoms with E-state index in [4.69, 9.17) is 9.94 Å². The summed E-state index contributed by atoms with van der Waals surface area (Å²) < 4.78 is 5.56. The molecule has 0 aliphatic heterocycles. The molecule has 0 fully saturated rings. The van der Waals surface area contributed by atoms with Crippen molar-refractivity contribution in [2.75, 3.05) is 0 Å². The van der Waals surface area contributed by atoms with Crippen molar-refractivity contribution >= 4 is 16.8 Å². The molecule has 0 saturated carbocycles. The molecule has 0 radical (unpaired) electrons. The number of nitrogens with one attached hydrogen (secondary N) is 1. The molecule has 0 saturated heterocycles. The first-order valence-corrected chi connectivity index (χ1v) is 6.00. The van der Waals surface area contributed by atoms with Gasteiger partial charge in [0, 0.05) is 11.1 Å². The Bertz CT molecular complexity index is 625. The Hall–Kier alpha value is -2.14. The van der Waals surface area contributed by atoms with Crippen molar-refractivity contribution in [1.82, 2.24) is 10.5 Å². The van der Waals surface area contributed by atoms with Gasteiger partial charge in [0.2, 0.25) is 0 Å². The van der Waals surface area contributed by atoms with E-state index < -0.39 is 12.0 Å². The molecule has 0 bridgehead atoms. The van der Waals surface area contributed by atoms with Crippen molar-refractivity contribution in [3.05, 3.63) is 35.5 Å². The number of aromatic nitrogens is 1. The Labute approximate surface area is 111 Å². The van der Waals surface area contributed by atoms with E-state index in [2.05, 4.69) is 4.98 Å². The number of amides is 1. The second-order valence-electron chi connectivity index (χ2n) is 4.47. The third kappa shape index (κ3) is 2.66. The fourth-order valence-electron chi connectivity index (χ4n) is 1.99. The number of carbonyl (C=O) groups is 1. The van der Waals surface area contributed by atoms with Gasteiger partial charge in [-0.25, -0.2) is 10.5 Å². The standard InChI is InChI=1S/C14H16N2O3/c1-8-7-9(2)15-13-11(8)5-4-6-12(13)19-10(3)14(17)16-18/h4-7,10,18H,1-3H3,(H,16,17). The largest absolute Gasteiger partial charge is 0.479 e. The van der Waals surface area contributed by atoms with E-state index in [-0.39, 0.29) is 0 Å². The lowest BCUT2D eigenvalue weighted by Crippen LogP contribution is -2.34. The molecule has 100 valence electrons. The molecule has 5 nitrogen and oxygen atoms in total. The molecule has 5 heteroatoms. The normalized spacial score (nSPS) is 12.2. The highest BCUT2D eigenvalue weighted by atomic mass is 16.5. The van der Waals surface area contributed by atoms with Gasteiger partial charge in [0.15, 0.2) is 6.10 Å². The van der Waals surface area contributed by atoms with E-state index in [1.807, 2.05) is 32.0 Å². The van der Waals surface area contributed by atoms with Gasteiger partial charge in [0.1, 0.15) is 11.3 Å². The molecule has 0 spiro atoms. The van der Waals surface area contributed by atoms with Gasteiger partial charge in [-0.2, -0.15) is 0 Å². The van der Waals surface area contributed by atoms with Gasteiger partial charge in [-0.15, -0.1) is 0 Å². The molecule has 1 amide bonds. The summed E-state index contributed by atoms with van der Waals surface area (Å²) in [6.07, 6.45) is -0.793. The van der Waals surface area contributed by atoms with Crippen molar-refractivity contribution in [3.8, 4) is 5.75 Å². The number of ether oxygens (including phenoxy) is 1. The first kappa shape index (κ1) is 13.3. The number of hydrogen-bond donors (Lipinski definition) is 2. The Morgan fingerprint density at radius 2 is 2.16 bits per heavy atom. The predicted octanol–water partition coefficient (Wildman–Crippen LogP) is 2.12. The van der Waals surface area contributed by atoms with E-state index in [0.717, 1.165) is 22.2 Å². The smallest absolute Gasteiger partial charge is 0.284 e. The number of carbonyl (C=O) groups excluding carboxylic acids is 1. The number of benzene rings is 1. The van der Waals surface area contributed by atoms with Crippen LogP contribution in [0.2, 0.25) is 0 Å². The molecule has 19 heavy (non-hydrogen) atoms. The zero-order valence-electron chi connectivity index (χ0n) is 11.1. The van der Waals surface area contributed by atoms with Crippen LogP contribution in [0.25, 0.3) is 10.9 Å². The van der Waals surface area contributed by atoms with Crippen molar-refractivity contribution in [3.63, 3.8) is 0 Å². The lowest BCUT2D eigenvalue weighted by molar-refractivity contribution is -0.135. The van der Waals surface area contributed by atoms with Crippen molar-refractivity contribution in [2.45, 2.75) is 26.9 Å². The van der Waals surface area contributed by atoms with E-state index in [1.54, 1.807) is 18.5 Å². The lowest BCUT2D eigenvalue weighted by atomic mass is 10.1.